The zero-order valence-electron chi connectivity index (χ0n) is 16.3. The summed E-state index contributed by atoms with van der Waals surface area (Å²) in [7, 11) is 0. The molecular weight excluding hydrogens is 332 g/mol. The van der Waals surface area contributed by atoms with Crippen LogP contribution in [0.25, 0.3) is 0 Å². The zero-order valence-corrected chi connectivity index (χ0v) is 16.3. The number of aliphatic hydroxyl groups excluding tert-OH is 1. The molecule has 26 heavy (non-hydrogen) atoms. The number of hydrogen-bond acceptors (Lipinski definition) is 4. The summed E-state index contributed by atoms with van der Waals surface area (Å²) < 4.78 is 0. The van der Waals surface area contributed by atoms with Crippen LogP contribution in [0.15, 0.2) is 12.2 Å². The van der Waals surface area contributed by atoms with Crippen molar-refractivity contribution in [3.05, 3.63) is 12.2 Å². The molecule has 0 saturated heterocycles. The van der Waals surface area contributed by atoms with Crippen molar-refractivity contribution in [2.45, 2.75) is 96.2 Å². The fourth-order valence-corrected chi connectivity index (χ4v) is 3.72. The highest BCUT2D eigenvalue weighted by molar-refractivity contribution is 5.84. The molecule has 0 aromatic rings. The average molecular weight is 369 g/mol. The number of unbranched alkanes of at least 4 members (excludes halogenated alkanes) is 4. The maximum atomic E-state index is 12.2. The molecule has 0 aromatic heterocycles. The predicted octanol–water partition coefficient (Wildman–Crippen LogP) is 3.87. The first-order valence-electron chi connectivity index (χ1n) is 10.1. The molecule has 1 rings (SSSR count). The molecule has 5 heteroatoms. The number of aliphatic carboxylic acids is 1. The van der Waals surface area contributed by atoms with Gasteiger partial charge in [0.05, 0.1) is 11.7 Å². The van der Waals surface area contributed by atoms with E-state index in [4.69, 9.17) is 5.11 Å². The third kappa shape index (κ3) is 8.45. The molecule has 1 aliphatic carbocycles. The Morgan fingerprint density at radius 3 is 2.58 bits per heavy atom. The SMILES string of the molecule is CCCCC(C)(O)CC=C[C@H]1[C@H](O)CC(=O)[C@H]1CCCCCCC(=O)O. The molecule has 0 heterocycles. The lowest BCUT2D eigenvalue weighted by Gasteiger charge is -2.22. The fraction of sp³-hybridized carbons (Fsp3) is 0.810. The van der Waals surface area contributed by atoms with Gasteiger partial charge in [0, 0.05) is 24.7 Å². The summed E-state index contributed by atoms with van der Waals surface area (Å²) in [6, 6.07) is 0. The van der Waals surface area contributed by atoms with Gasteiger partial charge in [-0.25, -0.2) is 0 Å². The zero-order chi connectivity index (χ0) is 19.6. The Hall–Kier alpha value is -1.20. The quantitative estimate of drug-likeness (QED) is 0.339. The minimum atomic E-state index is -0.765. The molecule has 1 unspecified atom stereocenters. The normalized spacial score (nSPS) is 25.7. The predicted molar refractivity (Wildman–Crippen MR) is 102 cm³/mol. The van der Waals surface area contributed by atoms with Crippen LogP contribution in [-0.4, -0.2) is 38.8 Å². The maximum Gasteiger partial charge on any atom is 0.303 e. The van der Waals surface area contributed by atoms with Crippen molar-refractivity contribution in [2.24, 2.45) is 11.8 Å². The van der Waals surface area contributed by atoms with Crippen LogP contribution in [0.3, 0.4) is 0 Å². The van der Waals surface area contributed by atoms with Crippen molar-refractivity contribution >= 4 is 11.8 Å². The van der Waals surface area contributed by atoms with Crippen LogP contribution in [0.2, 0.25) is 0 Å². The van der Waals surface area contributed by atoms with E-state index in [2.05, 4.69) is 6.92 Å². The van der Waals surface area contributed by atoms with Gasteiger partial charge in [0.2, 0.25) is 0 Å². The molecule has 150 valence electrons. The van der Waals surface area contributed by atoms with E-state index < -0.39 is 17.7 Å². The summed E-state index contributed by atoms with van der Waals surface area (Å²) in [6.07, 6.45) is 11.0. The molecule has 0 aromatic carbocycles. The van der Waals surface area contributed by atoms with Crippen LogP contribution >= 0.6 is 0 Å². The molecule has 1 saturated carbocycles. The number of carbonyl (C=O) groups excluding carboxylic acids is 1. The van der Waals surface area contributed by atoms with Crippen LogP contribution in [0.4, 0.5) is 0 Å². The molecule has 0 amide bonds. The summed E-state index contributed by atoms with van der Waals surface area (Å²) >= 11 is 0. The lowest BCUT2D eigenvalue weighted by atomic mass is 9.87. The van der Waals surface area contributed by atoms with Gasteiger partial charge < -0.3 is 15.3 Å². The Morgan fingerprint density at radius 2 is 1.92 bits per heavy atom. The van der Waals surface area contributed by atoms with Crippen molar-refractivity contribution in [1.29, 1.82) is 0 Å². The van der Waals surface area contributed by atoms with E-state index >= 15 is 0 Å². The number of Topliss-reactive ketones (excluding diaryl/α,β-unsaturated/α-hetero) is 1. The molecule has 0 aliphatic heterocycles. The van der Waals surface area contributed by atoms with Gasteiger partial charge in [0.25, 0.3) is 0 Å². The molecule has 1 aliphatic rings. The van der Waals surface area contributed by atoms with Gasteiger partial charge in [-0.2, -0.15) is 0 Å². The van der Waals surface area contributed by atoms with E-state index in [-0.39, 0.29) is 30.5 Å². The summed E-state index contributed by atoms with van der Waals surface area (Å²) in [4.78, 5) is 22.7. The first-order chi connectivity index (χ1) is 12.3. The van der Waals surface area contributed by atoms with Crippen molar-refractivity contribution in [3.63, 3.8) is 0 Å². The second kappa shape index (κ2) is 11.5. The summed E-state index contributed by atoms with van der Waals surface area (Å²) in [6.45, 7) is 3.93. The summed E-state index contributed by atoms with van der Waals surface area (Å²) in [5.74, 6) is -0.959. The average Bonchev–Trinajstić information content (AvgIpc) is 2.82. The van der Waals surface area contributed by atoms with Gasteiger partial charge in [-0.3, -0.25) is 9.59 Å². The highest BCUT2D eigenvalue weighted by Gasteiger charge is 2.39. The largest absolute Gasteiger partial charge is 0.481 e. The Bertz CT molecular complexity index is 469. The highest BCUT2D eigenvalue weighted by Crippen LogP contribution is 2.34. The highest BCUT2D eigenvalue weighted by atomic mass is 16.4. The Labute approximate surface area is 157 Å². The number of carbonyl (C=O) groups is 2. The topological polar surface area (TPSA) is 94.8 Å². The third-order valence-electron chi connectivity index (χ3n) is 5.37. The van der Waals surface area contributed by atoms with E-state index in [0.717, 1.165) is 44.9 Å². The summed E-state index contributed by atoms with van der Waals surface area (Å²) in [5, 5.41) is 29.2. The van der Waals surface area contributed by atoms with Gasteiger partial charge in [0.1, 0.15) is 5.78 Å². The number of rotatable bonds is 13. The van der Waals surface area contributed by atoms with Crippen LogP contribution in [-0.2, 0) is 9.59 Å². The second-order valence-electron chi connectivity index (χ2n) is 8.00. The number of aliphatic hydroxyl groups is 2. The van der Waals surface area contributed by atoms with Crippen LogP contribution in [0.5, 0.6) is 0 Å². The Morgan fingerprint density at radius 1 is 1.23 bits per heavy atom. The molecule has 1 fully saturated rings. The maximum absolute atomic E-state index is 12.2. The number of carboxylic acids is 1. The van der Waals surface area contributed by atoms with E-state index in [9.17, 15) is 19.8 Å². The molecule has 0 bridgehead atoms. The monoisotopic (exact) mass is 368 g/mol. The van der Waals surface area contributed by atoms with E-state index in [1.54, 1.807) is 0 Å². The minimum Gasteiger partial charge on any atom is -0.481 e. The first-order valence-corrected chi connectivity index (χ1v) is 10.1. The Kier molecular flexibility index (Phi) is 10.1. The smallest absolute Gasteiger partial charge is 0.303 e. The van der Waals surface area contributed by atoms with Gasteiger partial charge in [0.15, 0.2) is 0 Å². The van der Waals surface area contributed by atoms with Gasteiger partial charge in [-0.05, 0) is 32.6 Å². The Balaban J connectivity index is 2.44. The lowest BCUT2D eigenvalue weighted by molar-refractivity contribution is -0.137. The van der Waals surface area contributed by atoms with Crippen LogP contribution in [0, 0.1) is 11.8 Å². The van der Waals surface area contributed by atoms with Crippen LogP contribution in [0.1, 0.15) is 84.5 Å². The van der Waals surface area contributed by atoms with Gasteiger partial charge in [-0.15, -0.1) is 0 Å². The number of hydrogen-bond donors (Lipinski definition) is 3. The van der Waals surface area contributed by atoms with Gasteiger partial charge >= 0.3 is 5.97 Å². The first kappa shape index (κ1) is 22.8. The van der Waals surface area contributed by atoms with E-state index in [1.165, 1.54) is 0 Å². The fourth-order valence-electron chi connectivity index (χ4n) is 3.72. The molecule has 3 N–H and O–H groups in total. The molecule has 0 spiro atoms. The number of ketones is 1. The van der Waals surface area contributed by atoms with Crippen LogP contribution < -0.4 is 0 Å². The lowest BCUT2D eigenvalue weighted by Crippen LogP contribution is -2.23. The minimum absolute atomic E-state index is 0.121. The molecule has 4 atom stereocenters. The molecular formula is C21H36O5. The standard InChI is InChI=1S/C21H36O5/c1-3-4-13-21(2,26)14-9-11-17-16(18(22)15-19(17)23)10-7-5-6-8-12-20(24)25/h9,11,16-17,19,23,26H,3-8,10,12-15H2,1-2H3,(H,24,25)/t16-,17+,19+,21?/m0/s1. The molecule has 5 nitrogen and oxygen atoms in total. The summed E-state index contributed by atoms with van der Waals surface area (Å²) in [5.41, 5.74) is -0.736. The third-order valence-corrected chi connectivity index (χ3v) is 5.37. The van der Waals surface area contributed by atoms with E-state index in [1.807, 2.05) is 19.1 Å². The van der Waals surface area contributed by atoms with Crippen molar-refractivity contribution < 1.29 is 24.9 Å². The molecule has 0 radical (unpaired) electrons. The van der Waals surface area contributed by atoms with E-state index in [0.29, 0.717) is 12.8 Å². The second-order valence-corrected chi connectivity index (χ2v) is 8.00. The van der Waals surface area contributed by atoms with Crippen molar-refractivity contribution in [2.75, 3.05) is 0 Å². The van der Waals surface area contributed by atoms with Crippen molar-refractivity contribution in [1.82, 2.24) is 0 Å². The number of carboxylic acid groups (broad SMARTS) is 1. The van der Waals surface area contributed by atoms with Gasteiger partial charge in [-0.1, -0.05) is 51.2 Å². The van der Waals surface area contributed by atoms with Crippen molar-refractivity contribution in [3.8, 4) is 0 Å².